The fraction of sp³-hybridized carbons (Fsp3) is 0.0714. The average Bonchev–Trinajstić information content (AvgIpc) is 2.33. The topological polar surface area (TPSA) is 29.1 Å². The highest BCUT2D eigenvalue weighted by Crippen LogP contribution is 2.14. The Hall–Kier alpha value is -1.50. The van der Waals surface area contributed by atoms with E-state index < -0.39 is 11.6 Å². The smallest absolute Gasteiger partial charge is 0.228 e. The van der Waals surface area contributed by atoms with Crippen LogP contribution >= 0.6 is 22.6 Å². The van der Waals surface area contributed by atoms with Gasteiger partial charge < -0.3 is 5.32 Å². The molecule has 19 heavy (non-hydrogen) atoms. The van der Waals surface area contributed by atoms with E-state index in [1.54, 1.807) is 12.1 Å². The van der Waals surface area contributed by atoms with Crippen LogP contribution in [-0.4, -0.2) is 5.91 Å². The Morgan fingerprint density at radius 1 is 1.16 bits per heavy atom. The molecule has 0 heterocycles. The Labute approximate surface area is 123 Å². The molecule has 0 aromatic heterocycles. The molecule has 0 saturated carbocycles. The van der Waals surface area contributed by atoms with Crippen LogP contribution in [-0.2, 0) is 11.2 Å². The van der Waals surface area contributed by atoms with Crippen LogP contribution in [0.2, 0.25) is 0 Å². The Balaban J connectivity index is 2.05. The lowest BCUT2D eigenvalue weighted by molar-refractivity contribution is -0.115. The summed E-state index contributed by atoms with van der Waals surface area (Å²) in [6.45, 7) is 0. The minimum absolute atomic E-state index is 0.127. The molecule has 1 N–H and O–H groups in total. The lowest BCUT2D eigenvalue weighted by atomic mass is 10.1. The van der Waals surface area contributed by atoms with Gasteiger partial charge in [-0.1, -0.05) is 12.1 Å². The number of nitrogens with one attached hydrogen (secondary N) is 1. The van der Waals surface area contributed by atoms with Crippen molar-refractivity contribution >= 4 is 34.2 Å². The molecule has 0 aliphatic carbocycles. The fourth-order valence-electron chi connectivity index (χ4n) is 1.61. The van der Waals surface area contributed by atoms with Crippen molar-refractivity contribution in [1.82, 2.24) is 0 Å². The molecule has 0 saturated heterocycles. The normalized spacial score (nSPS) is 10.3. The Morgan fingerprint density at radius 2 is 1.95 bits per heavy atom. The summed E-state index contributed by atoms with van der Waals surface area (Å²) in [5.74, 6) is -1.70. The maximum Gasteiger partial charge on any atom is 0.228 e. The molecule has 0 aliphatic rings. The van der Waals surface area contributed by atoms with Gasteiger partial charge in [0.1, 0.15) is 11.6 Å². The van der Waals surface area contributed by atoms with Gasteiger partial charge in [0.15, 0.2) is 0 Å². The van der Waals surface area contributed by atoms with E-state index in [-0.39, 0.29) is 17.9 Å². The van der Waals surface area contributed by atoms with Gasteiger partial charge in [-0.05, 0) is 52.4 Å². The van der Waals surface area contributed by atoms with Gasteiger partial charge in [-0.25, -0.2) is 8.78 Å². The van der Waals surface area contributed by atoms with Gasteiger partial charge in [-0.2, -0.15) is 0 Å². The van der Waals surface area contributed by atoms with E-state index in [0.29, 0.717) is 5.69 Å². The van der Waals surface area contributed by atoms with E-state index in [1.807, 2.05) is 12.1 Å². The Morgan fingerprint density at radius 3 is 2.63 bits per heavy atom. The Bertz CT molecular complexity index is 616. The number of benzene rings is 2. The predicted molar refractivity (Wildman–Crippen MR) is 77.9 cm³/mol. The highest BCUT2D eigenvalue weighted by atomic mass is 127. The van der Waals surface area contributed by atoms with Crippen LogP contribution in [0.4, 0.5) is 14.5 Å². The van der Waals surface area contributed by atoms with Crippen LogP contribution in [0.15, 0.2) is 42.5 Å². The van der Waals surface area contributed by atoms with E-state index in [9.17, 15) is 13.6 Å². The molecule has 0 spiro atoms. The third-order valence-corrected chi connectivity index (χ3v) is 3.15. The van der Waals surface area contributed by atoms with Gasteiger partial charge >= 0.3 is 0 Å². The summed E-state index contributed by atoms with van der Waals surface area (Å²) in [7, 11) is 0. The van der Waals surface area contributed by atoms with Crippen LogP contribution in [0.25, 0.3) is 0 Å². The van der Waals surface area contributed by atoms with Gasteiger partial charge in [-0.3, -0.25) is 4.79 Å². The third-order valence-electron chi connectivity index (χ3n) is 2.47. The summed E-state index contributed by atoms with van der Waals surface area (Å²) >= 11 is 2.13. The van der Waals surface area contributed by atoms with Gasteiger partial charge in [0.2, 0.25) is 5.91 Å². The van der Waals surface area contributed by atoms with Crippen molar-refractivity contribution in [2.45, 2.75) is 6.42 Å². The third kappa shape index (κ3) is 3.99. The minimum atomic E-state index is -0.710. The van der Waals surface area contributed by atoms with Gasteiger partial charge in [0.25, 0.3) is 0 Å². The summed E-state index contributed by atoms with van der Waals surface area (Å²) < 4.78 is 27.1. The van der Waals surface area contributed by atoms with Crippen molar-refractivity contribution in [3.63, 3.8) is 0 Å². The number of anilines is 1. The van der Waals surface area contributed by atoms with Crippen molar-refractivity contribution in [3.8, 4) is 0 Å². The maximum atomic E-state index is 13.4. The van der Waals surface area contributed by atoms with Gasteiger partial charge in [0.05, 0.1) is 6.42 Å². The van der Waals surface area contributed by atoms with E-state index in [0.717, 1.165) is 15.7 Å². The number of hydrogen-bond donors (Lipinski definition) is 1. The van der Waals surface area contributed by atoms with Gasteiger partial charge in [0, 0.05) is 15.3 Å². The zero-order chi connectivity index (χ0) is 13.8. The first-order chi connectivity index (χ1) is 9.04. The second kappa shape index (κ2) is 6.10. The van der Waals surface area contributed by atoms with Crippen molar-refractivity contribution in [2.75, 3.05) is 5.32 Å². The number of rotatable bonds is 3. The first-order valence-electron chi connectivity index (χ1n) is 5.54. The first kappa shape index (κ1) is 13.9. The molecule has 2 rings (SSSR count). The number of carbonyl (C=O) groups is 1. The molecule has 2 nitrogen and oxygen atoms in total. The van der Waals surface area contributed by atoms with E-state index in [1.165, 1.54) is 6.07 Å². The van der Waals surface area contributed by atoms with Crippen LogP contribution in [0, 0.1) is 15.2 Å². The monoisotopic (exact) mass is 373 g/mol. The van der Waals surface area contributed by atoms with E-state index >= 15 is 0 Å². The summed E-state index contributed by atoms with van der Waals surface area (Å²) in [6, 6.07) is 10.5. The standard InChI is InChI=1S/C14H10F2INO/c15-10-5-4-9(13(16)7-10)6-14(19)18-12-3-1-2-11(17)8-12/h1-5,7-8H,6H2,(H,18,19). The molecule has 0 atom stereocenters. The predicted octanol–water partition coefficient (Wildman–Crippen LogP) is 3.75. The molecule has 0 unspecified atom stereocenters. The molecule has 98 valence electrons. The fourth-order valence-corrected chi connectivity index (χ4v) is 2.15. The number of amides is 1. The molecule has 2 aromatic carbocycles. The number of carbonyl (C=O) groups excluding carboxylic acids is 1. The summed E-state index contributed by atoms with van der Waals surface area (Å²) in [5, 5.41) is 2.67. The quantitative estimate of drug-likeness (QED) is 0.816. The van der Waals surface area contributed by atoms with Crippen LogP contribution in [0.3, 0.4) is 0 Å². The van der Waals surface area contributed by atoms with Crippen molar-refractivity contribution in [3.05, 3.63) is 63.2 Å². The highest BCUT2D eigenvalue weighted by molar-refractivity contribution is 14.1. The second-order valence-corrected chi connectivity index (χ2v) is 5.22. The zero-order valence-corrected chi connectivity index (χ0v) is 11.9. The average molecular weight is 373 g/mol. The largest absolute Gasteiger partial charge is 0.326 e. The van der Waals surface area contributed by atoms with E-state index in [4.69, 9.17) is 0 Å². The van der Waals surface area contributed by atoms with Gasteiger partial charge in [-0.15, -0.1) is 0 Å². The van der Waals surface area contributed by atoms with Crippen molar-refractivity contribution < 1.29 is 13.6 Å². The lowest BCUT2D eigenvalue weighted by Gasteiger charge is -2.06. The molecule has 1 amide bonds. The second-order valence-electron chi connectivity index (χ2n) is 3.97. The summed E-state index contributed by atoms with van der Waals surface area (Å²) in [5.41, 5.74) is 0.823. The van der Waals surface area contributed by atoms with Crippen molar-refractivity contribution in [2.24, 2.45) is 0 Å². The SMILES string of the molecule is O=C(Cc1ccc(F)cc1F)Nc1cccc(I)c1. The number of hydrogen-bond acceptors (Lipinski definition) is 1. The molecular formula is C14H10F2INO. The summed E-state index contributed by atoms with van der Waals surface area (Å²) in [6.07, 6.45) is -0.127. The molecule has 0 radical (unpaired) electrons. The molecule has 5 heteroatoms. The van der Waals surface area contributed by atoms with Crippen LogP contribution in [0.5, 0.6) is 0 Å². The first-order valence-corrected chi connectivity index (χ1v) is 6.62. The van der Waals surface area contributed by atoms with Crippen LogP contribution < -0.4 is 5.32 Å². The molecule has 0 aliphatic heterocycles. The molecule has 0 bridgehead atoms. The molecule has 2 aromatic rings. The molecule has 0 fully saturated rings. The molecular weight excluding hydrogens is 363 g/mol. The number of halogens is 3. The van der Waals surface area contributed by atoms with Crippen LogP contribution in [0.1, 0.15) is 5.56 Å². The Kier molecular flexibility index (Phi) is 4.47. The van der Waals surface area contributed by atoms with E-state index in [2.05, 4.69) is 27.9 Å². The van der Waals surface area contributed by atoms with Crippen molar-refractivity contribution in [1.29, 1.82) is 0 Å². The highest BCUT2D eigenvalue weighted by Gasteiger charge is 2.09. The lowest BCUT2D eigenvalue weighted by Crippen LogP contribution is -2.15. The summed E-state index contributed by atoms with van der Waals surface area (Å²) in [4.78, 5) is 11.8. The zero-order valence-electron chi connectivity index (χ0n) is 9.79. The maximum absolute atomic E-state index is 13.4. The minimum Gasteiger partial charge on any atom is -0.326 e.